The maximum absolute atomic E-state index is 11.9. The van der Waals surface area contributed by atoms with Crippen molar-refractivity contribution in [2.75, 3.05) is 32.9 Å². The van der Waals surface area contributed by atoms with Crippen molar-refractivity contribution in [2.24, 2.45) is 0 Å². The van der Waals surface area contributed by atoms with E-state index >= 15 is 0 Å². The third kappa shape index (κ3) is 5.47. The van der Waals surface area contributed by atoms with Crippen LogP contribution in [0.15, 0.2) is 0 Å². The molecule has 3 heteroatoms. The molecule has 15 heavy (non-hydrogen) atoms. The zero-order chi connectivity index (χ0) is 11.1. The molecule has 90 valence electrons. The fourth-order valence-corrected chi connectivity index (χ4v) is 2.10. The molecule has 0 bridgehead atoms. The molecule has 1 aliphatic rings. The lowest BCUT2D eigenvalue weighted by Crippen LogP contribution is -2.38. The topological polar surface area (TPSA) is 12.5 Å². The number of nitrogens with zero attached hydrogens (tertiary/aromatic N) is 1. The highest BCUT2D eigenvalue weighted by Gasteiger charge is 2.24. The molecular formula is C12H24FNO. The Morgan fingerprint density at radius 2 is 2.07 bits per heavy atom. The summed E-state index contributed by atoms with van der Waals surface area (Å²) in [4.78, 5) is 2.45. The fourth-order valence-electron chi connectivity index (χ4n) is 2.10. The lowest BCUT2D eigenvalue weighted by atomic mass is 10.1. The summed E-state index contributed by atoms with van der Waals surface area (Å²) in [6, 6.07) is 0. The van der Waals surface area contributed by atoms with E-state index in [9.17, 15) is 4.39 Å². The Morgan fingerprint density at radius 3 is 2.80 bits per heavy atom. The van der Waals surface area contributed by atoms with Crippen molar-refractivity contribution in [1.29, 1.82) is 0 Å². The van der Waals surface area contributed by atoms with E-state index in [2.05, 4.69) is 18.7 Å². The van der Waals surface area contributed by atoms with Crippen LogP contribution in [-0.2, 0) is 4.74 Å². The predicted molar refractivity (Wildman–Crippen MR) is 60.9 cm³/mol. The van der Waals surface area contributed by atoms with Crippen LogP contribution in [0.2, 0.25) is 0 Å². The van der Waals surface area contributed by atoms with Crippen LogP contribution in [0.3, 0.4) is 0 Å². The first kappa shape index (κ1) is 12.9. The van der Waals surface area contributed by atoms with Gasteiger partial charge in [-0.1, -0.05) is 0 Å². The summed E-state index contributed by atoms with van der Waals surface area (Å²) in [5.74, 6) is 0. The molecule has 1 heterocycles. The number of ether oxygens (including phenoxy) is 1. The van der Waals surface area contributed by atoms with E-state index in [1.807, 2.05) is 0 Å². The molecule has 0 atom stereocenters. The third-order valence-electron chi connectivity index (χ3n) is 2.82. The smallest absolute Gasteiger partial charge is 0.0894 e. The molecule has 0 saturated carbocycles. The quantitative estimate of drug-likeness (QED) is 0.656. The molecule has 1 rings (SSSR count). The number of hydrogen-bond acceptors (Lipinski definition) is 2. The van der Waals surface area contributed by atoms with Crippen LogP contribution in [0.4, 0.5) is 4.39 Å². The standard InChI is InChI=1S/C12H24FNO/c1-12(2)11-14(9-6-10-15-12)8-5-3-4-7-13/h3-11H2,1-2H3. The van der Waals surface area contributed by atoms with Crippen molar-refractivity contribution in [3.8, 4) is 0 Å². The zero-order valence-electron chi connectivity index (χ0n) is 10.1. The van der Waals surface area contributed by atoms with E-state index in [0.29, 0.717) is 6.42 Å². The molecular weight excluding hydrogens is 193 g/mol. The van der Waals surface area contributed by atoms with E-state index in [1.54, 1.807) is 0 Å². The minimum absolute atomic E-state index is 0.0173. The zero-order valence-corrected chi connectivity index (χ0v) is 10.1. The molecule has 0 radical (unpaired) electrons. The average molecular weight is 217 g/mol. The van der Waals surface area contributed by atoms with Gasteiger partial charge in [0.25, 0.3) is 0 Å². The Morgan fingerprint density at radius 1 is 1.27 bits per heavy atom. The number of unbranched alkanes of at least 4 members (excludes halogenated alkanes) is 2. The fraction of sp³-hybridized carbons (Fsp3) is 1.00. The van der Waals surface area contributed by atoms with E-state index in [4.69, 9.17) is 4.74 Å². The molecule has 0 unspecified atom stereocenters. The van der Waals surface area contributed by atoms with Gasteiger partial charge in [0, 0.05) is 19.7 Å². The van der Waals surface area contributed by atoms with Gasteiger partial charge in [0.1, 0.15) is 0 Å². The minimum Gasteiger partial charge on any atom is -0.374 e. The second-order valence-corrected chi connectivity index (χ2v) is 4.99. The molecule has 0 aromatic carbocycles. The van der Waals surface area contributed by atoms with Crippen molar-refractivity contribution >= 4 is 0 Å². The van der Waals surface area contributed by atoms with Gasteiger partial charge in [0.2, 0.25) is 0 Å². The molecule has 1 fully saturated rings. The van der Waals surface area contributed by atoms with Crippen molar-refractivity contribution < 1.29 is 9.13 Å². The minimum atomic E-state index is -0.172. The maximum atomic E-state index is 11.9. The molecule has 0 aromatic rings. The number of rotatable bonds is 5. The maximum Gasteiger partial charge on any atom is 0.0894 e. The normalized spacial score (nSPS) is 22.6. The van der Waals surface area contributed by atoms with Crippen LogP contribution in [-0.4, -0.2) is 43.4 Å². The monoisotopic (exact) mass is 217 g/mol. The first-order valence-electron chi connectivity index (χ1n) is 6.06. The molecule has 1 saturated heterocycles. The van der Waals surface area contributed by atoms with E-state index in [0.717, 1.165) is 45.5 Å². The second kappa shape index (κ2) is 6.44. The third-order valence-corrected chi connectivity index (χ3v) is 2.82. The first-order chi connectivity index (χ1) is 7.14. The van der Waals surface area contributed by atoms with Gasteiger partial charge in [0.05, 0.1) is 12.3 Å². The molecule has 2 nitrogen and oxygen atoms in total. The summed E-state index contributed by atoms with van der Waals surface area (Å²) in [5.41, 5.74) is -0.0173. The summed E-state index contributed by atoms with van der Waals surface area (Å²) in [5, 5.41) is 0. The predicted octanol–water partition coefficient (Wildman–Crippen LogP) is 2.63. The second-order valence-electron chi connectivity index (χ2n) is 4.99. The number of alkyl halides is 1. The van der Waals surface area contributed by atoms with Gasteiger partial charge in [-0.25, -0.2) is 0 Å². The van der Waals surface area contributed by atoms with Crippen molar-refractivity contribution in [3.63, 3.8) is 0 Å². The van der Waals surface area contributed by atoms with Crippen LogP contribution in [0, 0.1) is 0 Å². The van der Waals surface area contributed by atoms with E-state index in [-0.39, 0.29) is 12.3 Å². The van der Waals surface area contributed by atoms with Crippen LogP contribution < -0.4 is 0 Å². The molecule has 0 aliphatic carbocycles. The van der Waals surface area contributed by atoms with Gasteiger partial charge in [-0.15, -0.1) is 0 Å². The Bertz CT molecular complexity index is 173. The number of hydrogen-bond donors (Lipinski definition) is 0. The highest BCUT2D eigenvalue weighted by Crippen LogP contribution is 2.16. The Labute approximate surface area is 92.8 Å². The largest absolute Gasteiger partial charge is 0.374 e. The molecule has 0 N–H and O–H groups in total. The van der Waals surface area contributed by atoms with Crippen molar-refractivity contribution in [1.82, 2.24) is 4.90 Å². The van der Waals surface area contributed by atoms with Gasteiger partial charge >= 0.3 is 0 Å². The van der Waals surface area contributed by atoms with Crippen LogP contribution in [0.25, 0.3) is 0 Å². The van der Waals surface area contributed by atoms with Gasteiger partial charge in [-0.3, -0.25) is 4.39 Å². The van der Waals surface area contributed by atoms with Gasteiger partial charge in [-0.2, -0.15) is 0 Å². The SMILES string of the molecule is CC1(C)CN(CCCCCF)CCCO1. The van der Waals surface area contributed by atoms with E-state index in [1.165, 1.54) is 0 Å². The summed E-state index contributed by atoms with van der Waals surface area (Å²) in [6.45, 7) is 8.21. The van der Waals surface area contributed by atoms with Gasteiger partial charge in [-0.05, 0) is 46.1 Å². The number of halogens is 1. The summed E-state index contributed by atoms with van der Waals surface area (Å²) in [7, 11) is 0. The summed E-state index contributed by atoms with van der Waals surface area (Å²) >= 11 is 0. The van der Waals surface area contributed by atoms with Crippen molar-refractivity contribution in [3.05, 3.63) is 0 Å². The summed E-state index contributed by atoms with van der Waals surface area (Å²) in [6.07, 6.45) is 3.95. The Hall–Kier alpha value is -0.150. The average Bonchev–Trinajstić information content (AvgIpc) is 2.34. The molecule has 0 amide bonds. The van der Waals surface area contributed by atoms with Crippen LogP contribution in [0.5, 0.6) is 0 Å². The van der Waals surface area contributed by atoms with Crippen LogP contribution >= 0.6 is 0 Å². The summed E-state index contributed by atoms with van der Waals surface area (Å²) < 4.78 is 17.7. The van der Waals surface area contributed by atoms with Gasteiger partial charge in [0.15, 0.2) is 0 Å². The lowest BCUT2D eigenvalue weighted by molar-refractivity contribution is -0.0173. The van der Waals surface area contributed by atoms with Crippen molar-refractivity contribution in [2.45, 2.75) is 45.1 Å². The van der Waals surface area contributed by atoms with Gasteiger partial charge < -0.3 is 9.64 Å². The highest BCUT2D eigenvalue weighted by atomic mass is 19.1. The molecule has 1 aliphatic heterocycles. The molecule has 0 aromatic heterocycles. The van der Waals surface area contributed by atoms with E-state index < -0.39 is 0 Å². The van der Waals surface area contributed by atoms with Crippen LogP contribution in [0.1, 0.15) is 39.5 Å². The molecule has 0 spiro atoms. The highest BCUT2D eigenvalue weighted by molar-refractivity contribution is 4.77. The first-order valence-corrected chi connectivity index (χ1v) is 6.06. The Kier molecular flexibility index (Phi) is 5.54. The lowest BCUT2D eigenvalue weighted by Gasteiger charge is -2.28. The Balaban J connectivity index is 2.21.